The Hall–Kier alpha value is -1.19. The number of aromatic nitrogens is 2. The van der Waals surface area contributed by atoms with Gasteiger partial charge in [0.05, 0.1) is 6.20 Å². The van der Waals surface area contributed by atoms with Gasteiger partial charge in [-0.05, 0) is 0 Å². The van der Waals surface area contributed by atoms with Crippen molar-refractivity contribution in [2.75, 3.05) is 0 Å². The molecule has 2 nitrogen and oxygen atoms in total. The van der Waals surface area contributed by atoms with E-state index < -0.39 is 6.43 Å². The summed E-state index contributed by atoms with van der Waals surface area (Å²) in [6.07, 6.45) is 0.148. The molecule has 1 N–H and O–H groups in total. The van der Waals surface area contributed by atoms with Crippen LogP contribution in [0.15, 0.2) is 12.8 Å². The zero-order chi connectivity index (χ0) is 7.56. The molecule has 4 heteroatoms. The molecular weight excluding hydrogens is 138 g/mol. The van der Waals surface area contributed by atoms with Gasteiger partial charge in [0, 0.05) is 5.56 Å². The van der Waals surface area contributed by atoms with Gasteiger partial charge in [-0.25, -0.2) is 8.78 Å². The van der Waals surface area contributed by atoms with E-state index in [-0.39, 0.29) is 5.69 Å². The fourth-order valence-corrected chi connectivity index (χ4v) is 0.643. The normalized spacial score (nSPS) is 10.3. The summed E-state index contributed by atoms with van der Waals surface area (Å²) >= 11 is 0. The van der Waals surface area contributed by atoms with E-state index in [4.69, 9.17) is 0 Å². The number of hydrogen-bond acceptors (Lipinski definition) is 1. The van der Waals surface area contributed by atoms with Gasteiger partial charge < -0.3 is 0 Å². The highest BCUT2D eigenvalue weighted by Crippen LogP contribution is 2.20. The average Bonchev–Trinajstić information content (AvgIpc) is 2.33. The molecule has 0 radical (unpaired) electrons. The Morgan fingerprint density at radius 2 is 2.40 bits per heavy atom. The van der Waals surface area contributed by atoms with Crippen molar-refractivity contribution in [2.24, 2.45) is 0 Å². The molecule has 0 aliphatic heterocycles. The first-order chi connectivity index (χ1) is 4.75. The largest absolute Gasteiger partial charge is 0.280 e. The van der Waals surface area contributed by atoms with Gasteiger partial charge in [-0.2, -0.15) is 5.10 Å². The molecule has 54 valence electrons. The molecular formula is C6H6F2N2. The average molecular weight is 144 g/mol. The third-order valence-corrected chi connectivity index (χ3v) is 1.14. The van der Waals surface area contributed by atoms with E-state index in [0.29, 0.717) is 5.56 Å². The van der Waals surface area contributed by atoms with Crippen LogP contribution in [0.25, 0.3) is 6.08 Å². The molecule has 0 aliphatic rings. The molecule has 10 heavy (non-hydrogen) atoms. The van der Waals surface area contributed by atoms with Gasteiger partial charge in [-0.1, -0.05) is 12.7 Å². The minimum Gasteiger partial charge on any atom is -0.276 e. The van der Waals surface area contributed by atoms with Gasteiger partial charge in [0.2, 0.25) is 0 Å². The van der Waals surface area contributed by atoms with Gasteiger partial charge in [0.25, 0.3) is 6.43 Å². The van der Waals surface area contributed by atoms with Crippen LogP contribution >= 0.6 is 0 Å². The lowest BCUT2D eigenvalue weighted by atomic mass is 10.2. The van der Waals surface area contributed by atoms with Crippen molar-refractivity contribution in [2.45, 2.75) is 6.43 Å². The number of hydrogen-bond donors (Lipinski definition) is 1. The lowest BCUT2D eigenvalue weighted by molar-refractivity contribution is 0.146. The highest BCUT2D eigenvalue weighted by atomic mass is 19.3. The summed E-state index contributed by atoms with van der Waals surface area (Å²) in [5.74, 6) is 0. The van der Waals surface area contributed by atoms with Crippen molar-refractivity contribution in [1.29, 1.82) is 0 Å². The second kappa shape index (κ2) is 2.60. The molecule has 0 saturated heterocycles. The summed E-state index contributed by atoms with van der Waals surface area (Å²) in [6.45, 7) is 3.35. The maximum absolute atomic E-state index is 11.9. The zero-order valence-corrected chi connectivity index (χ0v) is 5.14. The van der Waals surface area contributed by atoms with E-state index in [1.807, 2.05) is 0 Å². The summed E-state index contributed by atoms with van der Waals surface area (Å²) in [5, 5.41) is 5.62. The zero-order valence-electron chi connectivity index (χ0n) is 5.14. The van der Waals surface area contributed by atoms with Crippen molar-refractivity contribution in [3.05, 3.63) is 24.0 Å². The predicted molar refractivity (Wildman–Crippen MR) is 33.6 cm³/mol. The van der Waals surface area contributed by atoms with Gasteiger partial charge in [0.1, 0.15) is 5.69 Å². The van der Waals surface area contributed by atoms with Crippen LogP contribution in [0.3, 0.4) is 0 Å². The van der Waals surface area contributed by atoms with Crippen LogP contribution in [0, 0.1) is 0 Å². The molecule has 1 rings (SSSR count). The summed E-state index contributed by atoms with van der Waals surface area (Å²) in [6, 6.07) is 0. The van der Waals surface area contributed by atoms with Gasteiger partial charge in [-0.3, -0.25) is 5.10 Å². The quantitative estimate of drug-likeness (QED) is 0.675. The Kier molecular flexibility index (Phi) is 1.80. The number of H-pyrrole nitrogens is 1. The van der Waals surface area contributed by atoms with Crippen LogP contribution in [0.5, 0.6) is 0 Å². The molecule has 0 aromatic carbocycles. The number of aromatic amines is 1. The molecule has 0 atom stereocenters. The van der Waals surface area contributed by atoms with E-state index >= 15 is 0 Å². The van der Waals surface area contributed by atoms with E-state index in [2.05, 4.69) is 16.8 Å². The highest BCUT2D eigenvalue weighted by Gasteiger charge is 2.11. The first-order valence-corrected chi connectivity index (χ1v) is 2.69. The fourth-order valence-electron chi connectivity index (χ4n) is 0.643. The van der Waals surface area contributed by atoms with Crippen molar-refractivity contribution in [3.63, 3.8) is 0 Å². The Balaban J connectivity index is 3.01. The summed E-state index contributed by atoms with van der Waals surface area (Å²) in [7, 11) is 0. The minimum absolute atomic E-state index is 0.171. The number of halogens is 2. The molecule has 0 saturated carbocycles. The van der Waals surface area contributed by atoms with Crippen LogP contribution in [0.2, 0.25) is 0 Å². The summed E-state index contributed by atoms with van der Waals surface area (Å²) in [5.41, 5.74) is 0.185. The van der Waals surface area contributed by atoms with Gasteiger partial charge in [-0.15, -0.1) is 0 Å². The predicted octanol–water partition coefficient (Wildman–Crippen LogP) is 1.99. The molecule has 0 unspecified atom stereocenters. The molecule has 0 aliphatic carbocycles. The fraction of sp³-hybridized carbons (Fsp3) is 0.167. The third kappa shape index (κ3) is 1.05. The smallest absolute Gasteiger partial charge is 0.276 e. The number of nitrogens with one attached hydrogen (secondary N) is 1. The molecule has 0 amide bonds. The maximum Gasteiger partial charge on any atom is 0.280 e. The lowest BCUT2D eigenvalue weighted by Gasteiger charge is -1.93. The van der Waals surface area contributed by atoms with Crippen molar-refractivity contribution in [1.82, 2.24) is 10.2 Å². The number of alkyl halides is 2. The summed E-state index contributed by atoms with van der Waals surface area (Å²) < 4.78 is 23.9. The second-order valence-corrected chi connectivity index (χ2v) is 1.74. The van der Waals surface area contributed by atoms with E-state index in [9.17, 15) is 8.78 Å². The molecule has 0 spiro atoms. The third-order valence-electron chi connectivity index (χ3n) is 1.14. The molecule has 1 aromatic heterocycles. The Labute approximate surface area is 56.6 Å². The Morgan fingerprint density at radius 1 is 1.70 bits per heavy atom. The van der Waals surface area contributed by atoms with E-state index in [1.165, 1.54) is 12.3 Å². The van der Waals surface area contributed by atoms with Gasteiger partial charge >= 0.3 is 0 Å². The first kappa shape index (κ1) is 6.92. The standard InChI is InChI=1S/C6H6F2N2/c1-2-4-3-9-10-5(4)6(7)8/h2-3,6H,1H2,(H,9,10). The first-order valence-electron chi connectivity index (χ1n) is 2.69. The number of rotatable bonds is 2. The minimum atomic E-state index is -2.50. The van der Waals surface area contributed by atoms with Crippen LogP contribution in [-0.2, 0) is 0 Å². The topological polar surface area (TPSA) is 28.7 Å². The van der Waals surface area contributed by atoms with Crippen molar-refractivity contribution < 1.29 is 8.78 Å². The van der Waals surface area contributed by atoms with Crippen molar-refractivity contribution >= 4 is 6.08 Å². The van der Waals surface area contributed by atoms with E-state index in [0.717, 1.165) is 0 Å². The molecule has 0 fully saturated rings. The second-order valence-electron chi connectivity index (χ2n) is 1.74. The lowest BCUT2D eigenvalue weighted by Crippen LogP contribution is -1.86. The molecule has 1 aromatic rings. The van der Waals surface area contributed by atoms with Crippen LogP contribution < -0.4 is 0 Å². The number of nitrogens with zero attached hydrogens (tertiary/aromatic N) is 1. The monoisotopic (exact) mass is 144 g/mol. The molecule has 1 heterocycles. The molecule has 0 bridgehead atoms. The van der Waals surface area contributed by atoms with E-state index in [1.54, 1.807) is 0 Å². The maximum atomic E-state index is 11.9. The van der Waals surface area contributed by atoms with Crippen molar-refractivity contribution in [3.8, 4) is 0 Å². The van der Waals surface area contributed by atoms with Gasteiger partial charge in [0.15, 0.2) is 0 Å². The SMILES string of the molecule is C=Cc1cn[nH]c1C(F)F. The van der Waals surface area contributed by atoms with Crippen LogP contribution in [0.1, 0.15) is 17.7 Å². The summed E-state index contributed by atoms with van der Waals surface area (Å²) in [4.78, 5) is 0. The Morgan fingerprint density at radius 3 is 2.80 bits per heavy atom. The van der Waals surface area contributed by atoms with Crippen LogP contribution in [0.4, 0.5) is 8.78 Å². The Bertz CT molecular complexity index is 229. The highest BCUT2D eigenvalue weighted by molar-refractivity contribution is 5.48. The van der Waals surface area contributed by atoms with Crippen LogP contribution in [-0.4, -0.2) is 10.2 Å².